The van der Waals surface area contributed by atoms with Crippen LogP contribution in [0.2, 0.25) is 0 Å². The molecule has 0 aromatic heterocycles. The van der Waals surface area contributed by atoms with Crippen LogP contribution in [-0.4, -0.2) is 20.6 Å². The van der Waals surface area contributed by atoms with E-state index in [1.807, 2.05) is 0 Å². The second-order valence-corrected chi connectivity index (χ2v) is 5.22. The Labute approximate surface area is 86.8 Å². The highest BCUT2D eigenvalue weighted by atomic mass is 32.2. The van der Waals surface area contributed by atoms with Crippen LogP contribution in [0.5, 0.6) is 0 Å². The van der Waals surface area contributed by atoms with Gasteiger partial charge in [-0.15, -0.1) is 0 Å². The Morgan fingerprint density at radius 1 is 1.40 bits per heavy atom. The van der Waals surface area contributed by atoms with E-state index in [4.69, 9.17) is 5.73 Å². The molecule has 3 nitrogen and oxygen atoms in total. The summed E-state index contributed by atoms with van der Waals surface area (Å²) in [4.78, 5) is -0.220. The minimum atomic E-state index is -3.99. The normalized spacial score (nSPS) is 12.0. The van der Waals surface area contributed by atoms with Crippen LogP contribution in [0.3, 0.4) is 0 Å². The van der Waals surface area contributed by atoms with Crippen molar-refractivity contribution in [2.24, 2.45) is 0 Å². The molecule has 0 aliphatic rings. The molecule has 1 rings (SSSR count). The number of hydrogen-bond acceptors (Lipinski definition) is 3. The van der Waals surface area contributed by atoms with Crippen LogP contribution in [0.25, 0.3) is 0 Å². The molecule has 0 radical (unpaired) electrons. The molecule has 1 aromatic carbocycles. The quantitative estimate of drug-likeness (QED) is 0.810. The van der Waals surface area contributed by atoms with Gasteiger partial charge in [-0.1, -0.05) is 6.07 Å². The van der Waals surface area contributed by atoms with E-state index in [2.05, 4.69) is 0 Å². The molecule has 0 spiro atoms. The Kier molecular flexibility index (Phi) is 3.28. The highest BCUT2D eigenvalue weighted by Gasteiger charge is 2.22. The maximum atomic E-state index is 12.0. The van der Waals surface area contributed by atoms with Gasteiger partial charge in [-0.25, -0.2) is 17.2 Å². The van der Waals surface area contributed by atoms with Crippen molar-refractivity contribution in [1.29, 1.82) is 0 Å². The van der Waals surface area contributed by atoms with E-state index in [9.17, 15) is 17.2 Å². The first kappa shape index (κ1) is 11.9. The number of benzene rings is 1. The Morgan fingerprint density at radius 3 is 2.53 bits per heavy atom. The molecule has 0 fully saturated rings. The molecular formula is C9H11F2NO2S. The third-order valence-corrected chi connectivity index (χ3v) is 3.56. The minimum Gasteiger partial charge on any atom is -0.398 e. The highest BCUT2D eigenvalue weighted by Crippen LogP contribution is 2.22. The summed E-state index contributed by atoms with van der Waals surface area (Å²) < 4.78 is 47.0. The molecule has 2 N–H and O–H groups in total. The Morgan fingerprint density at radius 2 is 2.00 bits per heavy atom. The number of alkyl halides is 2. The first-order chi connectivity index (χ1) is 6.83. The van der Waals surface area contributed by atoms with Crippen molar-refractivity contribution in [3.8, 4) is 0 Å². The maximum absolute atomic E-state index is 12.0. The van der Waals surface area contributed by atoms with Crippen LogP contribution in [0.15, 0.2) is 23.1 Å². The van der Waals surface area contributed by atoms with E-state index in [-0.39, 0.29) is 10.6 Å². The number of aryl methyl sites for hydroxylation is 1. The molecule has 0 amide bonds. The van der Waals surface area contributed by atoms with E-state index < -0.39 is 22.0 Å². The first-order valence-corrected chi connectivity index (χ1v) is 5.85. The predicted molar refractivity (Wildman–Crippen MR) is 53.6 cm³/mol. The van der Waals surface area contributed by atoms with Gasteiger partial charge in [0.1, 0.15) is 5.75 Å². The Hall–Kier alpha value is -1.17. The summed E-state index contributed by atoms with van der Waals surface area (Å²) in [5.74, 6) is -1.19. The van der Waals surface area contributed by atoms with Gasteiger partial charge in [0.25, 0.3) is 6.43 Å². The second kappa shape index (κ2) is 4.14. The summed E-state index contributed by atoms with van der Waals surface area (Å²) in [5.41, 5.74) is 6.09. The average Bonchev–Trinajstić information content (AvgIpc) is 2.06. The van der Waals surface area contributed by atoms with Gasteiger partial charge in [0.15, 0.2) is 9.84 Å². The predicted octanol–water partition coefficient (Wildman–Crippen LogP) is 1.62. The molecule has 0 aliphatic carbocycles. The third kappa shape index (κ3) is 2.89. The number of anilines is 1. The van der Waals surface area contributed by atoms with Gasteiger partial charge in [-0.3, -0.25) is 0 Å². The largest absolute Gasteiger partial charge is 0.398 e. The monoisotopic (exact) mass is 235 g/mol. The SMILES string of the molecule is Cc1ccc(N)c(S(=O)(=O)CC(F)F)c1. The number of hydrogen-bond donors (Lipinski definition) is 1. The lowest BCUT2D eigenvalue weighted by molar-refractivity contribution is 0.174. The molecule has 0 heterocycles. The van der Waals surface area contributed by atoms with Gasteiger partial charge in [-0.2, -0.15) is 0 Å². The summed E-state index contributed by atoms with van der Waals surface area (Å²) in [7, 11) is -3.99. The molecule has 84 valence electrons. The first-order valence-electron chi connectivity index (χ1n) is 4.20. The van der Waals surface area contributed by atoms with Crippen LogP contribution in [0, 0.1) is 6.92 Å². The van der Waals surface area contributed by atoms with Crippen LogP contribution >= 0.6 is 0 Å². The van der Waals surface area contributed by atoms with E-state index in [0.717, 1.165) is 0 Å². The zero-order valence-corrected chi connectivity index (χ0v) is 8.89. The molecule has 0 bridgehead atoms. The molecule has 0 saturated carbocycles. The number of sulfone groups is 1. The Balaban J connectivity index is 3.21. The smallest absolute Gasteiger partial charge is 0.252 e. The van der Waals surface area contributed by atoms with Crippen molar-refractivity contribution >= 4 is 15.5 Å². The summed E-state index contributed by atoms with van der Waals surface area (Å²) in [6.45, 7) is 1.67. The fourth-order valence-electron chi connectivity index (χ4n) is 1.17. The average molecular weight is 235 g/mol. The molecule has 0 saturated heterocycles. The van der Waals surface area contributed by atoms with Gasteiger partial charge >= 0.3 is 0 Å². The lowest BCUT2D eigenvalue weighted by atomic mass is 10.2. The summed E-state index contributed by atoms with van der Waals surface area (Å²) in [6, 6.07) is 4.32. The van der Waals surface area contributed by atoms with Crippen molar-refractivity contribution in [3.05, 3.63) is 23.8 Å². The lowest BCUT2D eigenvalue weighted by Gasteiger charge is -2.07. The zero-order chi connectivity index (χ0) is 11.6. The summed E-state index contributed by atoms with van der Waals surface area (Å²) in [6.07, 6.45) is -2.89. The fraction of sp³-hybridized carbons (Fsp3) is 0.333. The number of nitrogen functional groups attached to an aromatic ring is 1. The highest BCUT2D eigenvalue weighted by molar-refractivity contribution is 7.91. The number of halogens is 2. The molecule has 0 unspecified atom stereocenters. The van der Waals surface area contributed by atoms with E-state index in [0.29, 0.717) is 5.56 Å². The van der Waals surface area contributed by atoms with Gasteiger partial charge in [0, 0.05) is 0 Å². The van der Waals surface area contributed by atoms with Gasteiger partial charge in [0.05, 0.1) is 10.6 Å². The standard InChI is InChI=1S/C9H11F2NO2S/c1-6-2-3-7(12)8(4-6)15(13,14)5-9(10)11/h2-4,9H,5,12H2,1H3. The molecule has 6 heteroatoms. The van der Waals surface area contributed by atoms with Crippen molar-refractivity contribution in [3.63, 3.8) is 0 Å². The van der Waals surface area contributed by atoms with Gasteiger partial charge in [0.2, 0.25) is 0 Å². The second-order valence-electron chi connectivity index (χ2n) is 3.21. The van der Waals surface area contributed by atoms with E-state index in [1.165, 1.54) is 12.1 Å². The fourth-order valence-corrected chi connectivity index (χ4v) is 2.47. The van der Waals surface area contributed by atoms with Crippen LogP contribution in [0.4, 0.5) is 14.5 Å². The van der Waals surface area contributed by atoms with Crippen LogP contribution in [0.1, 0.15) is 5.56 Å². The molecule has 1 aromatic rings. The molecule has 0 aliphatic heterocycles. The van der Waals surface area contributed by atoms with Crippen molar-refractivity contribution in [2.75, 3.05) is 11.5 Å². The van der Waals surface area contributed by atoms with Crippen molar-refractivity contribution in [2.45, 2.75) is 18.2 Å². The topological polar surface area (TPSA) is 60.2 Å². The Bertz CT molecular complexity index is 457. The van der Waals surface area contributed by atoms with Crippen molar-refractivity contribution < 1.29 is 17.2 Å². The minimum absolute atomic E-state index is 0.00116. The van der Waals surface area contributed by atoms with E-state index >= 15 is 0 Å². The van der Waals surface area contributed by atoms with Crippen LogP contribution in [-0.2, 0) is 9.84 Å². The maximum Gasteiger partial charge on any atom is 0.252 e. The molecule has 0 atom stereocenters. The van der Waals surface area contributed by atoms with Gasteiger partial charge < -0.3 is 5.73 Å². The van der Waals surface area contributed by atoms with Crippen LogP contribution < -0.4 is 5.73 Å². The summed E-state index contributed by atoms with van der Waals surface area (Å²) >= 11 is 0. The molecule has 15 heavy (non-hydrogen) atoms. The number of nitrogens with two attached hydrogens (primary N) is 1. The molecular weight excluding hydrogens is 224 g/mol. The lowest BCUT2D eigenvalue weighted by Crippen LogP contribution is -2.15. The third-order valence-electron chi connectivity index (χ3n) is 1.85. The summed E-state index contributed by atoms with van der Waals surface area (Å²) in [5, 5.41) is 0. The van der Waals surface area contributed by atoms with E-state index in [1.54, 1.807) is 13.0 Å². The van der Waals surface area contributed by atoms with Crippen molar-refractivity contribution in [1.82, 2.24) is 0 Å². The number of rotatable bonds is 3. The van der Waals surface area contributed by atoms with Gasteiger partial charge in [-0.05, 0) is 24.6 Å². The zero-order valence-electron chi connectivity index (χ0n) is 8.07.